The molecule has 1 fully saturated rings. The van der Waals surface area contributed by atoms with Gasteiger partial charge in [0.15, 0.2) is 5.79 Å². The van der Waals surface area contributed by atoms with Crippen molar-refractivity contribution in [3.63, 3.8) is 0 Å². The van der Waals surface area contributed by atoms with Gasteiger partial charge in [-0.1, -0.05) is 6.92 Å². The van der Waals surface area contributed by atoms with Gasteiger partial charge >= 0.3 is 6.03 Å². The van der Waals surface area contributed by atoms with Crippen LogP contribution in [0.1, 0.15) is 13.3 Å². The summed E-state index contributed by atoms with van der Waals surface area (Å²) < 4.78 is 10.5. The maximum atomic E-state index is 11.3. The molecule has 0 bridgehead atoms. The van der Waals surface area contributed by atoms with Gasteiger partial charge in [0.25, 0.3) is 0 Å². The largest absolute Gasteiger partial charge is 0.352 e. The van der Waals surface area contributed by atoms with Crippen LogP contribution in [0.4, 0.5) is 4.79 Å². The van der Waals surface area contributed by atoms with Crippen molar-refractivity contribution in [2.45, 2.75) is 19.1 Å². The number of urea groups is 1. The number of ether oxygens (including phenoxy) is 2. The zero-order valence-electron chi connectivity index (χ0n) is 9.20. The smallest absolute Gasteiger partial charge is 0.324 e. The highest BCUT2D eigenvalue weighted by Crippen LogP contribution is 2.18. The normalized spacial score (nSPS) is 17.1. The summed E-state index contributed by atoms with van der Waals surface area (Å²) in [6.45, 7) is 2.20. The average Bonchev–Trinajstić information content (AvgIpc) is 2.54. The third kappa shape index (κ3) is 2.45. The van der Waals surface area contributed by atoms with E-state index in [1.54, 1.807) is 0 Å². The van der Waals surface area contributed by atoms with Crippen LogP contribution in [0.2, 0.25) is 0 Å². The second kappa shape index (κ2) is 4.59. The standard InChI is InChI=1S/C9H16N2O4/c1-4-9(14-2,15-3)6-11-5-7(12)10-8(11)13/h4-6H2,1-3H3,(H,10,12,13). The molecule has 0 radical (unpaired) electrons. The zero-order valence-corrected chi connectivity index (χ0v) is 9.20. The van der Waals surface area contributed by atoms with Crippen LogP contribution in [0.25, 0.3) is 0 Å². The van der Waals surface area contributed by atoms with Gasteiger partial charge in [0.05, 0.1) is 6.54 Å². The van der Waals surface area contributed by atoms with Gasteiger partial charge in [0.1, 0.15) is 6.54 Å². The predicted octanol–water partition coefficient (Wildman–Crippen LogP) is -0.0627. The van der Waals surface area contributed by atoms with E-state index >= 15 is 0 Å². The topological polar surface area (TPSA) is 67.9 Å². The lowest BCUT2D eigenvalue weighted by Crippen LogP contribution is -2.46. The van der Waals surface area contributed by atoms with Crippen molar-refractivity contribution in [2.75, 3.05) is 27.3 Å². The van der Waals surface area contributed by atoms with Crippen molar-refractivity contribution in [3.05, 3.63) is 0 Å². The quantitative estimate of drug-likeness (QED) is 0.516. The Bertz CT molecular complexity index is 255. The molecule has 1 aliphatic heterocycles. The number of nitrogens with zero attached hydrogens (tertiary/aromatic N) is 1. The summed E-state index contributed by atoms with van der Waals surface area (Å²) in [7, 11) is 3.03. The fourth-order valence-corrected chi connectivity index (χ4v) is 1.51. The van der Waals surface area contributed by atoms with Gasteiger partial charge in [0, 0.05) is 20.6 Å². The first-order valence-electron chi connectivity index (χ1n) is 4.76. The monoisotopic (exact) mass is 216 g/mol. The molecular formula is C9H16N2O4. The molecule has 0 unspecified atom stereocenters. The van der Waals surface area contributed by atoms with E-state index in [-0.39, 0.29) is 19.0 Å². The molecule has 1 heterocycles. The molecule has 0 atom stereocenters. The number of methoxy groups -OCH3 is 2. The van der Waals surface area contributed by atoms with E-state index in [4.69, 9.17) is 9.47 Å². The van der Waals surface area contributed by atoms with Crippen molar-refractivity contribution in [1.82, 2.24) is 10.2 Å². The fourth-order valence-electron chi connectivity index (χ4n) is 1.51. The Labute approximate surface area is 88.5 Å². The number of carbonyl (C=O) groups excluding carboxylic acids is 2. The van der Waals surface area contributed by atoms with E-state index in [2.05, 4.69) is 5.32 Å². The van der Waals surface area contributed by atoms with E-state index in [1.807, 2.05) is 6.92 Å². The van der Waals surface area contributed by atoms with Gasteiger partial charge in [-0.15, -0.1) is 0 Å². The van der Waals surface area contributed by atoms with Crippen molar-refractivity contribution in [2.24, 2.45) is 0 Å². The van der Waals surface area contributed by atoms with Gasteiger partial charge in [-0.05, 0) is 0 Å². The highest BCUT2D eigenvalue weighted by Gasteiger charge is 2.36. The highest BCUT2D eigenvalue weighted by atomic mass is 16.7. The second-order valence-corrected chi connectivity index (χ2v) is 3.38. The minimum atomic E-state index is -0.831. The molecule has 1 aliphatic rings. The van der Waals surface area contributed by atoms with Gasteiger partial charge in [0.2, 0.25) is 5.91 Å². The molecule has 0 aromatic heterocycles. The Morgan fingerprint density at radius 1 is 1.40 bits per heavy atom. The summed E-state index contributed by atoms with van der Waals surface area (Å²) in [5, 5.41) is 2.20. The van der Waals surface area contributed by atoms with Crippen LogP contribution < -0.4 is 5.32 Å². The first kappa shape index (κ1) is 11.9. The van der Waals surface area contributed by atoms with Crippen molar-refractivity contribution >= 4 is 11.9 Å². The summed E-state index contributed by atoms with van der Waals surface area (Å²) in [5.41, 5.74) is 0. The van der Waals surface area contributed by atoms with E-state index < -0.39 is 11.8 Å². The molecule has 0 saturated carbocycles. The molecule has 6 heteroatoms. The summed E-state index contributed by atoms with van der Waals surface area (Å²) in [5.74, 6) is -1.13. The van der Waals surface area contributed by atoms with Gasteiger partial charge in [-0.2, -0.15) is 0 Å². The lowest BCUT2D eigenvalue weighted by molar-refractivity contribution is -0.213. The molecule has 1 rings (SSSR count). The molecule has 1 N–H and O–H groups in total. The van der Waals surface area contributed by atoms with Crippen LogP contribution in [0.3, 0.4) is 0 Å². The molecule has 3 amide bonds. The first-order valence-corrected chi connectivity index (χ1v) is 4.76. The predicted molar refractivity (Wildman–Crippen MR) is 52.2 cm³/mol. The lowest BCUT2D eigenvalue weighted by Gasteiger charge is -2.32. The highest BCUT2D eigenvalue weighted by molar-refractivity contribution is 6.01. The SMILES string of the molecule is CCC(CN1CC(=O)NC1=O)(OC)OC. The summed E-state index contributed by atoms with van der Waals surface area (Å²) in [4.78, 5) is 23.6. The third-order valence-corrected chi connectivity index (χ3v) is 2.58. The zero-order chi connectivity index (χ0) is 11.5. The van der Waals surface area contributed by atoms with Gasteiger partial charge in [-0.25, -0.2) is 4.79 Å². The summed E-state index contributed by atoms with van der Waals surface area (Å²) in [6.07, 6.45) is 0.595. The Balaban J connectivity index is 2.66. The Kier molecular flexibility index (Phi) is 3.65. The van der Waals surface area contributed by atoms with Gasteiger partial charge < -0.3 is 14.4 Å². The van der Waals surface area contributed by atoms with E-state index in [9.17, 15) is 9.59 Å². The van der Waals surface area contributed by atoms with E-state index in [0.29, 0.717) is 6.42 Å². The fraction of sp³-hybridized carbons (Fsp3) is 0.778. The molecule has 1 saturated heterocycles. The minimum absolute atomic E-state index is 0.0628. The van der Waals surface area contributed by atoms with Crippen LogP contribution in [0.5, 0.6) is 0 Å². The lowest BCUT2D eigenvalue weighted by atomic mass is 10.2. The van der Waals surface area contributed by atoms with Crippen LogP contribution >= 0.6 is 0 Å². The van der Waals surface area contributed by atoms with Crippen molar-refractivity contribution in [3.8, 4) is 0 Å². The molecule has 0 spiro atoms. The van der Waals surface area contributed by atoms with Crippen LogP contribution in [0.15, 0.2) is 0 Å². The molecule has 0 aromatic rings. The molecular weight excluding hydrogens is 200 g/mol. The number of nitrogens with one attached hydrogen (secondary N) is 1. The summed E-state index contributed by atoms with van der Waals surface area (Å²) >= 11 is 0. The summed E-state index contributed by atoms with van der Waals surface area (Å²) in [6, 6.07) is -0.396. The Hall–Kier alpha value is -1.14. The molecule has 6 nitrogen and oxygen atoms in total. The third-order valence-electron chi connectivity index (χ3n) is 2.58. The molecule has 86 valence electrons. The maximum absolute atomic E-state index is 11.3. The average molecular weight is 216 g/mol. The van der Waals surface area contributed by atoms with Crippen LogP contribution in [-0.4, -0.2) is 49.9 Å². The molecule has 0 aliphatic carbocycles. The van der Waals surface area contributed by atoms with E-state index in [1.165, 1.54) is 19.1 Å². The number of imide groups is 1. The minimum Gasteiger partial charge on any atom is -0.352 e. The number of carbonyl (C=O) groups is 2. The number of hydrogen-bond acceptors (Lipinski definition) is 4. The number of amides is 3. The van der Waals surface area contributed by atoms with Gasteiger partial charge in [-0.3, -0.25) is 10.1 Å². The van der Waals surface area contributed by atoms with Crippen molar-refractivity contribution < 1.29 is 19.1 Å². The first-order chi connectivity index (χ1) is 7.06. The second-order valence-electron chi connectivity index (χ2n) is 3.38. The molecule has 0 aromatic carbocycles. The van der Waals surface area contributed by atoms with E-state index in [0.717, 1.165) is 0 Å². The number of rotatable bonds is 5. The maximum Gasteiger partial charge on any atom is 0.324 e. The van der Waals surface area contributed by atoms with Crippen LogP contribution in [-0.2, 0) is 14.3 Å². The van der Waals surface area contributed by atoms with Crippen LogP contribution in [0, 0.1) is 0 Å². The van der Waals surface area contributed by atoms with Crippen molar-refractivity contribution in [1.29, 1.82) is 0 Å². The Morgan fingerprint density at radius 2 is 2.00 bits per heavy atom. The number of hydrogen-bond donors (Lipinski definition) is 1. The molecule has 15 heavy (non-hydrogen) atoms. The Morgan fingerprint density at radius 3 is 2.33 bits per heavy atom.